The van der Waals surface area contributed by atoms with E-state index in [1.807, 2.05) is 49.4 Å². The molecule has 0 saturated carbocycles. The summed E-state index contributed by atoms with van der Waals surface area (Å²) in [6, 6.07) is 17.7. The molecular weight excluding hydrogens is 348 g/mol. The standard InChI is InChI=1S/C24H24N2O2/c1-4-26-21-13-12-20(18-6-5-7-19(23(18)21)24(26)28)25-22(27)14-16-8-10-17(11-9-16)15(2)3/h5-13,15H,4,14H2,1-3H3,(H,25,27). The van der Waals surface area contributed by atoms with Crippen LogP contribution >= 0.6 is 0 Å². The van der Waals surface area contributed by atoms with Crippen LogP contribution in [0.1, 0.15) is 48.2 Å². The highest BCUT2D eigenvalue weighted by molar-refractivity contribution is 6.27. The number of hydrogen-bond donors (Lipinski definition) is 1. The van der Waals surface area contributed by atoms with Crippen LogP contribution in [-0.4, -0.2) is 18.4 Å². The summed E-state index contributed by atoms with van der Waals surface area (Å²) in [5, 5.41) is 4.86. The molecule has 0 unspecified atom stereocenters. The van der Waals surface area contributed by atoms with Gasteiger partial charge in [0.15, 0.2) is 0 Å². The molecule has 0 bridgehead atoms. The average molecular weight is 372 g/mol. The van der Waals surface area contributed by atoms with Crippen molar-refractivity contribution in [2.45, 2.75) is 33.1 Å². The summed E-state index contributed by atoms with van der Waals surface area (Å²) in [5.74, 6) is 0.438. The van der Waals surface area contributed by atoms with Gasteiger partial charge >= 0.3 is 0 Å². The van der Waals surface area contributed by atoms with E-state index in [0.717, 1.165) is 27.7 Å². The Morgan fingerprint density at radius 3 is 2.46 bits per heavy atom. The lowest BCUT2D eigenvalue weighted by Gasteiger charge is -2.15. The van der Waals surface area contributed by atoms with E-state index in [-0.39, 0.29) is 11.8 Å². The first kappa shape index (κ1) is 18.2. The zero-order chi connectivity index (χ0) is 19.8. The molecule has 142 valence electrons. The number of nitrogens with zero attached hydrogens (tertiary/aromatic N) is 1. The molecule has 1 heterocycles. The van der Waals surface area contributed by atoms with Gasteiger partial charge in [-0.05, 0) is 42.2 Å². The Bertz CT molecular complexity index is 1070. The summed E-state index contributed by atoms with van der Waals surface area (Å²) in [4.78, 5) is 27.0. The van der Waals surface area contributed by atoms with Crippen molar-refractivity contribution in [3.8, 4) is 0 Å². The Morgan fingerprint density at radius 1 is 1.04 bits per heavy atom. The molecule has 1 aliphatic heterocycles. The molecule has 0 saturated heterocycles. The molecule has 0 spiro atoms. The quantitative estimate of drug-likeness (QED) is 0.675. The monoisotopic (exact) mass is 372 g/mol. The van der Waals surface area contributed by atoms with E-state index < -0.39 is 0 Å². The van der Waals surface area contributed by atoms with E-state index in [4.69, 9.17) is 0 Å². The number of carbonyl (C=O) groups is 2. The van der Waals surface area contributed by atoms with E-state index in [1.54, 1.807) is 4.90 Å². The smallest absolute Gasteiger partial charge is 0.258 e. The number of anilines is 2. The number of hydrogen-bond acceptors (Lipinski definition) is 2. The topological polar surface area (TPSA) is 49.4 Å². The van der Waals surface area contributed by atoms with Gasteiger partial charge in [-0.1, -0.05) is 50.2 Å². The fourth-order valence-corrected chi connectivity index (χ4v) is 3.87. The van der Waals surface area contributed by atoms with Crippen LogP contribution in [0, 0.1) is 0 Å². The van der Waals surface area contributed by atoms with Crippen LogP contribution in [-0.2, 0) is 11.2 Å². The third kappa shape index (κ3) is 3.05. The maximum absolute atomic E-state index is 12.6. The molecule has 3 aromatic rings. The molecular formula is C24H24N2O2. The van der Waals surface area contributed by atoms with Gasteiger partial charge in [0, 0.05) is 28.6 Å². The van der Waals surface area contributed by atoms with E-state index in [9.17, 15) is 9.59 Å². The third-order valence-electron chi connectivity index (χ3n) is 5.39. The number of carbonyl (C=O) groups excluding carboxylic acids is 2. The van der Waals surface area contributed by atoms with Crippen LogP contribution in [0.3, 0.4) is 0 Å². The van der Waals surface area contributed by atoms with Crippen LogP contribution in [0.4, 0.5) is 11.4 Å². The predicted molar refractivity (Wildman–Crippen MR) is 114 cm³/mol. The number of nitrogens with one attached hydrogen (secondary N) is 1. The normalized spacial score (nSPS) is 12.9. The Labute approximate surface area is 165 Å². The maximum atomic E-state index is 12.6. The van der Waals surface area contributed by atoms with Gasteiger partial charge < -0.3 is 10.2 Å². The lowest BCUT2D eigenvalue weighted by molar-refractivity contribution is -0.115. The summed E-state index contributed by atoms with van der Waals surface area (Å²) in [5.41, 5.74) is 4.62. The lowest BCUT2D eigenvalue weighted by atomic mass is 10.0. The SMILES string of the molecule is CCN1C(=O)c2cccc3c(NC(=O)Cc4ccc(C(C)C)cc4)ccc1c23. The van der Waals surface area contributed by atoms with Gasteiger partial charge in [0.05, 0.1) is 12.1 Å². The van der Waals surface area contributed by atoms with Crippen molar-refractivity contribution in [1.82, 2.24) is 0 Å². The number of benzene rings is 3. The van der Waals surface area contributed by atoms with Gasteiger partial charge in [0.2, 0.25) is 5.91 Å². The van der Waals surface area contributed by atoms with E-state index in [2.05, 4.69) is 31.3 Å². The molecule has 0 atom stereocenters. The van der Waals surface area contributed by atoms with Crippen molar-refractivity contribution < 1.29 is 9.59 Å². The van der Waals surface area contributed by atoms with Crippen LogP contribution < -0.4 is 10.2 Å². The maximum Gasteiger partial charge on any atom is 0.258 e. The Kier molecular flexibility index (Phi) is 4.63. The zero-order valence-electron chi connectivity index (χ0n) is 16.5. The summed E-state index contributed by atoms with van der Waals surface area (Å²) >= 11 is 0. The average Bonchev–Trinajstić information content (AvgIpc) is 2.97. The highest BCUT2D eigenvalue weighted by atomic mass is 16.2. The number of amides is 2. The fraction of sp³-hybridized carbons (Fsp3) is 0.250. The van der Waals surface area contributed by atoms with Gasteiger partial charge in [0.1, 0.15) is 0 Å². The van der Waals surface area contributed by atoms with Crippen LogP contribution in [0.25, 0.3) is 10.8 Å². The molecule has 0 radical (unpaired) electrons. The van der Waals surface area contributed by atoms with Gasteiger partial charge in [0.25, 0.3) is 5.91 Å². The van der Waals surface area contributed by atoms with Gasteiger partial charge in [-0.15, -0.1) is 0 Å². The Hall–Kier alpha value is -3.14. The second-order valence-corrected chi connectivity index (χ2v) is 7.53. The van der Waals surface area contributed by atoms with Gasteiger partial charge in [-0.2, -0.15) is 0 Å². The zero-order valence-corrected chi connectivity index (χ0v) is 16.5. The minimum atomic E-state index is -0.0605. The number of rotatable bonds is 5. The lowest BCUT2D eigenvalue weighted by Crippen LogP contribution is -2.25. The minimum absolute atomic E-state index is 0.0248. The molecule has 0 aromatic heterocycles. The highest BCUT2D eigenvalue weighted by Gasteiger charge is 2.29. The van der Waals surface area contributed by atoms with Gasteiger partial charge in [-0.3, -0.25) is 9.59 Å². The van der Waals surface area contributed by atoms with Crippen molar-refractivity contribution in [1.29, 1.82) is 0 Å². The second-order valence-electron chi connectivity index (χ2n) is 7.53. The van der Waals surface area contributed by atoms with Crippen molar-refractivity contribution >= 4 is 34.0 Å². The van der Waals surface area contributed by atoms with E-state index >= 15 is 0 Å². The molecule has 4 nitrogen and oxygen atoms in total. The molecule has 0 aliphatic carbocycles. The van der Waals surface area contributed by atoms with Crippen molar-refractivity contribution in [3.05, 3.63) is 71.3 Å². The summed E-state index contributed by atoms with van der Waals surface area (Å²) in [7, 11) is 0. The highest BCUT2D eigenvalue weighted by Crippen LogP contribution is 2.40. The fourth-order valence-electron chi connectivity index (χ4n) is 3.87. The van der Waals surface area contributed by atoms with E-state index in [0.29, 0.717) is 24.4 Å². The van der Waals surface area contributed by atoms with Crippen LogP contribution in [0.2, 0.25) is 0 Å². The first-order valence-electron chi connectivity index (χ1n) is 9.76. The summed E-state index contributed by atoms with van der Waals surface area (Å²) < 4.78 is 0. The molecule has 0 fully saturated rings. The Morgan fingerprint density at radius 2 is 1.79 bits per heavy atom. The van der Waals surface area contributed by atoms with Crippen LogP contribution in [0.15, 0.2) is 54.6 Å². The molecule has 4 rings (SSSR count). The first-order valence-corrected chi connectivity index (χ1v) is 9.76. The van der Waals surface area contributed by atoms with Gasteiger partial charge in [-0.25, -0.2) is 0 Å². The summed E-state index contributed by atoms with van der Waals surface area (Å²) in [6.07, 6.45) is 0.321. The predicted octanol–water partition coefficient (Wildman–Crippen LogP) is 5.12. The second kappa shape index (κ2) is 7.12. The molecule has 1 aliphatic rings. The van der Waals surface area contributed by atoms with Crippen molar-refractivity contribution in [2.75, 3.05) is 16.8 Å². The molecule has 1 N–H and O–H groups in total. The van der Waals surface area contributed by atoms with Crippen molar-refractivity contribution in [3.63, 3.8) is 0 Å². The molecule has 2 amide bonds. The molecule has 3 aromatic carbocycles. The van der Waals surface area contributed by atoms with E-state index in [1.165, 1.54) is 5.56 Å². The first-order chi connectivity index (χ1) is 13.5. The third-order valence-corrected chi connectivity index (χ3v) is 5.39. The molecule has 4 heteroatoms. The van der Waals surface area contributed by atoms with Crippen molar-refractivity contribution in [2.24, 2.45) is 0 Å². The molecule has 28 heavy (non-hydrogen) atoms. The van der Waals surface area contributed by atoms with Crippen LogP contribution in [0.5, 0.6) is 0 Å². The largest absolute Gasteiger partial charge is 0.325 e. The minimum Gasteiger partial charge on any atom is -0.325 e. The summed E-state index contributed by atoms with van der Waals surface area (Å²) in [6.45, 7) is 6.90. The Balaban J connectivity index is 1.60.